The van der Waals surface area contributed by atoms with Gasteiger partial charge in [-0.25, -0.2) is 0 Å². The molecule has 2 nitrogen and oxygen atoms in total. The zero-order valence-electron chi connectivity index (χ0n) is 8.86. The number of rotatable bonds is 1. The summed E-state index contributed by atoms with van der Waals surface area (Å²) < 4.78 is 0. The minimum absolute atomic E-state index is 0.00449. The topological polar surface area (TPSA) is 23.5 Å². The fourth-order valence-electron chi connectivity index (χ4n) is 3.60. The average Bonchev–Trinajstić information content (AvgIpc) is 2.58. The molecular weight excluding hydrogens is 174 g/mol. The van der Waals surface area contributed by atoms with Crippen LogP contribution < -0.4 is 0 Å². The van der Waals surface area contributed by atoms with Crippen LogP contribution in [0.4, 0.5) is 0 Å². The Hall–Kier alpha value is -0.0800. The summed E-state index contributed by atoms with van der Waals surface area (Å²) in [6.45, 7) is 2.57. The maximum Gasteiger partial charge on any atom is 0.0696 e. The first kappa shape index (κ1) is 9.17. The molecule has 1 aliphatic heterocycles. The molecule has 2 unspecified atom stereocenters. The van der Waals surface area contributed by atoms with Crippen molar-refractivity contribution in [3.05, 3.63) is 0 Å². The first-order chi connectivity index (χ1) is 6.84. The number of aliphatic hydroxyl groups is 1. The van der Waals surface area contributed by atoms with Crippen molar-refractivity contribution in [1.82, 2.24) is 4.90 Å². The van der Waals surface area contributed by atoms with Crippen molar-refractivity contribution in [3.8, 4) is 0 Å². The van der Waals surface area contributed by atoms with E-state index in [1.165, 1.54) is 45.2 Å². The Morgan fingerprint density at radius 2 is 1.50 bits per heavy atom. The van der Waals surface area contributed by atoms with E-state index < -0.39 is 0 Å². The average molecular weight is 195 g/mol. The Balaban J connectivity index is 1.62. The summed E-state index contributed by atoms with van der Waals surface area (Å²) in [6.07, 6.45) is 8.06. The number of aliphatic hydroxyl groups excluding tert-OH is 1. The van der Waals surface area contributed by atoms with E-state index in [-0.39, 0.29) is 6.10 Å². The van der Waals surface area contributed by atoms with Gasteiger partial charge in [-0.1, -0.05) is 12.8 Å². The van der Waals surface area contributed by atoms with Gasteiger partial charge in [-0.2, -0.15) is 0 Å². The van der Waals surface area contributed by atoms with Crippen LogP contribution >= 0.6 is 0 Å². The summed E-state index contributed by atoms with van der Waals surface area (Å²) in [5.74, 6) is 1.94. The standard InChI is InChI=1S/C12H21NO/c14-12-6-5-11(12)13-7-9-3-1-2-4-10(9)8-13/h9-12,14H,1-8H2/t9?,10?,11-,12-/m1/s1. The van der Waals surface area contributed by atoms with Crippen LogP contribution in [0.15, 0.2) is 0 Å². The molecule has 1 saturated heterocycles. The van der Waals surface area contributed by atoms with Crippen molar-refractivity contribution in [2.45, 2.75) is 50.7 Å². The fraction of sp³-hybridized carbons (Fsp3) is 1.00. The van der Waals surface area contributed by atoms with E-state index in [0.717, 1.165) is 18.3 Å². The lowest BCUT2D eigenvalue weighted by Crippen LogP contribution is -2.49. The highest BCUT2D eigenvalue weighted by atomic mass is 16.3. The molecule has 1 N–H and O–H groups in total. The molecule has 1 heterocycles. The van der Waals surface area contributed by atoms with Gasteiger partial charge >= 0.3 is 0 Å². The summed E-state index contributed by atoms with van der Waals surface area (Å²) in [5, 5.41) is 9.66. The van der Waals surface area contributed by atoms with Gasteiger partial charge in [0.2, 0.25) is 0 Å². The number of nitrogens with zero attached hydrogens (tertiary/aromatic N) is 1. The Labute approximate surface area is 86.3 Å². The molecule has 0 aromatic rings. The maximum atomic E-state index is 9.66. The van der Waals surface area contributed by atoms with Gasteiger partial charge in [0.1, 0.15) is 0 Å². The lowest BCUT2D eigenvalue weighted by Gasteiger charge is -2.39. The minimum atomic E-state index is -0.00449. The lowest BCUT2D eigenvalue weighted by molar-refractivity contribution is -0.0132. The molecule has 0 radical (unpaired) electrons. The summed E-state index contributed by atoms with van der Waals surface area (Å²) >= 11 is 0. The van der Waals surface area contributed by atoms with E-state index >= 15 is 0 Å². The monoisotopic (exact) mass is 195 g/mol. The molecule has 3 aliphatic rings. The van der Waals surface area contributed by atoms with Crippen molar-refractivity contribution in [2.75, 3.05) is 13.1 Å². The van der Waals surface area contributed by atoms with E-state index in [4.69, 9.17) is 0 Å². The van der Waals surface area contributed by atoms with E-state index in [1.54, 1.807) is 0 Å². The van der Waals surface area contributed by atoms with Gasteiger partial charge in [0.05, 0.1) is 6.10 Å². The maximum absolute atomic E-state index is 9.66. The molecule has 4 atom stereocenters. The number of fused-ring (bicyclic) bond motifs is 1. The van der Waals surface area contributed by atoms with Gasteiger partial charge in [0.15, 0.2) is 0 Å². The molecule has 2 saturated carbocycles. The van der Waals surface area contributed by atoms with Crippen molar-refractivity contribution >= 4 is 0 Å². The molecule has 3 fully saturated rings. The fourth-order valence-corrected chi connectivity index (χ4v) is 3.60. The number of hydrogen-bond donors (Lipinski definition) is 1. The van der Waals surface area contributed by atoms with Crippen molar-refractivity contribution in [2.24, 2.45) is 11.8 Å². The van der Waals surface area contributed by atoms with Crippen molar-refractivity contribution in [1.29, 1.82) is 0 Å². The third-order valence-electron chi connectivity index (χ3n) is 4.68. The Morgan fingerprint density at radius 3 is 1.93 bits per heavy atom. The van der Waals surface area contributed by atoms with Crippen molar-refractivity contribution < 1.29 is 5.11 Å². The Morgan fingerprint density at radius 1 is 0.857 bits per heavy atom. The zero-order chi connectivity index (χ0) is 9.54. The smallest absolute Gasteiger partial charge is 0.0696 e. The second kappa shape index (κ2) is 3.49. The summed E-state index contributed by atoms with van der Waals surface area (Å²) in [4.78, 5) is 2.58. The molecule has 80 valence electrons. The third-order valence-corrected chi connectivity index (χ3v) is 4.68. The second-order valence-electron chi connectivity index (χ2n) is 5.47. The minimum Gasteiger partial charge on any atom is -0.391 e. The van der Waals surface area contributed by atoms with Crippen LogP contribution in [0, 0.1) is 11.8 Å². The second-order valence-corrected chi connectivity index (χ2v) is 5.47. The zero-order valence-corrected chi connectivity index (χ0v) is 8.86. The predicted molar refractivity (Wildman–Crippen MR) is 56.0 cm³/mol. The van der Waals surface area contributed by atoms with Gasteiger partial charge in [-0.3, -0.25) is 4.90 Å². The molecular formula is C12H21NO. The molecule has 0 aromatic heterocycles. The highest BCUT2D eigenvalue weighted by Gasteiger charge is 2.42. The van der Waals surface area contributed by atoms with Crippen LogP contribution in [-0.2, 0) is 0 Å². The van der Waals surface area contributed by atoms with Gasteiger partial charge < -0.3 is 5.11 Å². The predicted octanol–water partition coefficient (Wildman–Crippen LogP) is 1.63. The number of hydrogen-bond acceptors (Lipinski definition) is 2. The van der Waals surface area contributed by atoms with Crippen molar-refractivity contribution in [3.63, 3.8) is 0 Å². The normalized spacial score (nSPS) is 48.6. The number of likely N-dealkylation sites (tertiary alicyclic amines) is 1. The molecule has 0 amide bonds. The van der Waals surface area contributed by atoms with Crippen LogP contribution in [0.25, 0.3) is 0 Å². The van der Waals surface area contributed by atoms with Crippen LogP contribution in [0.3, 0.4) is 0 Å². The summed E-state index contributed by atoms with van der Waals surface area (Å²) in [5.41, 5.74) is 0. The highest BCUT2D eigenvalue weighted by Crippen LogP contribution is 2.39. The van der Waals surface area contributed by atoms with Crippen LogP contribution in [-0.4, -0.2) is 35.2 Å². The summed E-state index contributed by atoms with van der Waals surface area (Å²) in [7, 11) is 0. The van der Waals surface area contributed by atoms with Crippen LogP contribution in [0.2, 0.25) is 0 Å². The van der Waals surface area contributed by atoms with Crippen LogP contribution in [0.1, 0.15) is 38.5 Å². The van der Waals surface area contributed by atoms with Gasteiger partial charge in [0.25, 0.3) is 0 Å². The molecule has 0 aromatic carbocycles. The van der Waals surface area contributed by atoms with Gasteiger partial charge in [0, 0.05) is 19.1 Å². The van der Waals surface area contributed by atoms with E-state index in [1.807, 2.05) is 0 Å². The third kappa shape index (κ3) is 1.40. The first-order valence-corrected chi connectivity index (χ1v) is 6.27. The Kier molecular flexibility index (Phi) is 2.29. The first-order valence-electron chi connectivity index (χ1n) is 6.27. The SMILES string of the molecule is O[C@@H]1CC[C@H]1N1CC2CCCCC2C1. The largest absolute Gasteiger partial charge is 0.391 e. The molecule has 2 aliphatic carbocycles. The van der Waals surface area contributed by atoms with E-state index in [0.29, 0.717) is 6.04 Å². The molecule has 2 heteroatoms. The molecule has 3 rings (SSSR count). The summed E-state index contributed by atoms with van der Waals surface area (Å²) in [6, 6.07) is 0.528. The highest BCUT2D eigenvalue weighted by molar-refractivity contribution is 4.95. The Bertz CT molecular complexity index is 204. The van der Waals surface area contributed by atoms with Gasteiger partial charge in [-0.05, 0) is 37.5 Å². The van der Waals surface area contributed by atoms with E-state index in [9.17, 15) is 5.11 Å². The molecule has 14 heavy (non-hydrogen) atoms. The van der Waals surface area contributed by atoms with Gasteiger partial charge in [-0.15, -0.1) is 0 Å². The molecule has 0 bridgehead atoms. The van der Waals surface area contributed by atoms with E-state index in [2.05, 4.69) is 4.90 Å². The van der Waals surface area contributed by atoms with Crippen LogP contribution in [0.5, 0.6) is 0 Å². The molecule has 0 spiro atoms. The lowest BCUT2D eigenvalue weighted by atomic mass is 9.82. The quantitative estimate of drug-likeness (QED) is 0.687.